The van der Waals surface area contributed by atoms with E-state index in [-0.39, 0.29) is 5.91 Å². The zero-order valence-corrected chi connectivity index (χ0v) is 18.1. The number of nitrogens with zero attached hydrogens (tertiary/aromatic N) is 2. The van der Waals surface area contributed by atoms with Gasteiger partial charge in [0, 0.05) is 30.9 Å². The van der Waals surface area contributed by atoms with Gasteiger partial charge in [0.15, 0.2) is 0 Å². The van der Waals surface area contributed by atoms with Gasteiger partial charge in [0.05, 0.1) is 11.4 Å². The van der Waals surface area contributed by atoms with Crippen LogP contribution in [0, 0.1) is 5.82 Å². The molecular formula is C25H26FN5O2. The number of nitrogens with two attached hydrogens (primary N) is 1. The molecule has 0 unspecified atom stereocenters. The molecule has 3 aromatic carbocycles. The Morgan fingerprint density at radius 1 is 1.00 bits per heavy atom. The van der Waals surface area contributed by atoms with Crippen LogP contribution in [0.4, 0.5) is 31.9 Å². The molecular weight excluding hydrogens is 421 g/mol. The third-order valence-corrected chi connectivity index (χ3v) is 5.45. The predicted molar refractivity (Wildman–Crippen MR) is 128 cm³/mol. The molecule has 0 saturated carbocycles. The van der Waals surface area contributed by atoms with Crippen molar-refractivity contribution < 1.29 is 14.0 Å². The summed E-state index contributed by atoms with van der Waals surface area (Å²) in [6.45, 7) is 1.07. The minimum atomic E-state index is -0.457. The first-order valence-corrected chi connectivity index (χ1v) is 10.9. The lowest BCUT2D eigenvalue weighted by Gasteiger charge is -2.27. The Hall–Kier alpha value is -3.91. The Morgan fingerprint density at radius 2 is 1.76 bits per heavy atom. The number of hydrogen-bond acceptors (Lipinski definition) is 4. The number of urea groups is 1. The molecule has 0 atom stereocenters. The fraction of sp³-hybridized carbons (Fsp3) is 0.200. The summed E-state index contributed by atoms with van der Waals surface area (Å²) in [4.78, 5) is 27.1. The highest BCUT2D eigenvalue weighted by molar-refractivity contribution is 6.03. The van der Waals surface area contributed by atoms with Gasteiger partial charge < -0.3 is 16.0 Å². The lowest BCUT2D eigenvalue weighted by molar-refractivity contribution is -0.119. The van der Waals surface area contributed by atoms with E-state index in [2.05, 4.69) is 10.7 Å². The molecule has 1 aliphatic rings. The van der Waals surface area contributed by atoms with Gasteiger partial charge in [-0.3, -0.25) is 10.2 Å². The molecule has 1 saturated heterocycles. The molecule has 1 aliphatic heterocycles. The van der Waals surface area contributed by atoms with Gasteiger partial charge in [-0.15, -0.1) is 0 Å². The molecule has 4 rings (SSSR count). The molecule has 0 aromatic heterocycles. The van der Waals surface area contributed by atoms with Crippen LogP contribution in [-0.4, -0.2) is 18.5 Å². The Balaban J connectivity index is 1.53. The van der Waals surface area contributed by atoms with Crippen LogP contribution >= 0.6 is 0 Å². The van der Waals surface area contributed by atoms with E-state index in [1.165, 1.54) is 29.3 Å². The van der Waals surface area contributed by atoms with E-state index in [0.29, 0.717) is 36.6 Å². The third-order valence-electron chi connectivity index (χ3n) is 5.45. The van der Waals surface area contributed by atoms with Crippen molar-refractivity contribution in [1.82, 2.24) is 0 Å². The van der Waals surface area contributed by atoms with Crippen LogP contribution in [0.3, 0.4) is 0 Å². The van der Waals surface area contributed by atoms with Gasteiger partial charge in [-0.25, -0.2) is 14.2 Å². The van der Waals surface area contributed by atoms with E-state index in [1.807, 2.05) is 36.4 Å². The smallest absolute Gasteiger partial charge is 0.326 e. The van der Waals surface area contributed by atoms with Crippen LogP contribution in [0.5, 0.6) is 0 Å². The maximum atomic E-state index is 13.5. The number of carbonyl (C=O) groups excluding carboxylic acids is 2. The topological polar surface area (TPSA) is 90.7 Å². The second-order valence-electron chi connectivity index (χ2n) is 7.81. The molecule has 0 aliphatic carbocycles. The summed E-state index contributed by atoms with van der Waals surface area (Å²) >= 11 is 0. The molecule has 3 amide bonds. The van der Waals surface area contributed by atoms with Crippen LogP contribution in [0.25, 0.3) is 0 Å². The van der Waals surface area contributed by atoms with Crippen molar-refractivity contribution in [2.45, 2.75) is 25.8 Å². The highest BCUT2D eigenvalue weighted by atomic mass is 19.1. The standard InChI is InChI=1S/C25H26FN5O2/c26-19-7-11-23(12-8-19)31(29-21-5-3-4-18(16-21)17-27)25(33)28-20-9-13-22(14-10-20)30-15-2-1-6-24(30)32/h3-5,7-14,16,29H,1-2,6,15,17,27H2,(H,28,33). The Kier molecular flexibility index (Phi) is 6.85. The zero-order chi connectivity index (χ0) is 23.2. The Morgan fingerprint density at radius 3 is 2.45 bits per heavy atom. The largest absolute Gasteiger partial charge is 0.345 e. The number of hydrazine groups is 1. The van der Waals surface area contributed by atoms with Gasteiger partial charge in [-0.2, -0.15) is 0 Å². The van der Waals surface area contributed by atoms with Gasteiger partial charge in [0.1, 0.15) is 5.82 Å². The summed E-state index contributed by atoms with van der Waals surface area (Å²) < 4.78 is 13.5. The number of benzene rings is 3. The first-order valence-electron chi connectivity index (χ1n) is 10.9. The molecule has 8 heteroatoms. The van der Waals surface area contributed by atoms with E-state index in [0.717, 1.165) is 24.1 Å². The SMILES string of the molecule is NCc1cccc(NN(C(=O)Nc2ccc(N3CCCCC3=O)cc2)c2ccc(F)cc2)c1. The van der Waals surface area contributed by atoms with Crippen molar-refractivity contribution in [2.24, 2.45) is 5.73 Å². The van der Waals surface area contributed by atoms with Gasteiger partial charge in [-0.1, -0.05) is 12.1 Å². The summed E-state index contributed by atoms with van der Waals surface area (Å²) in [6, 6.07) is 19.7. The number of carbonyl (C=O) groups is 2. The molecule has 1 heterocycles. The number of anilines is 4. The molecule has 33 heavy (non-hydrogen) atoms. The quantitative estimate of drug-likeness (QED) is 0.471. The molecule has 1 fully saturated rings. The number of amides is 3. The second kappa shape index (κ2) is 10.1. The highest BCUT2D eigenvalue weighted by Crippen LogP contribution is 2.24. The van der Waals surface area contributed by atoms with E-state index in [1.54, 1.807) is 17.0 Å². The summed E-state index contributed by atoms with van der Waals surface area (Å²) in [7, 11) is 0. The summed E-state index contributed by atoms with van der Waals surface area (Å²) in [5.41, 5.74) is 12.2. The first kappa shape index (κ1) is 22.3. The summed E-state index contributed by atoms with van der Waals surface area (Å²) in [6.07, 6.45) is 2.46. The van der Waals surface area contributed by atoms with Crippen LogP contribution < -0.4 is 26.4 Å². The number of halogens is 1. The van der Waals surface area contributed by atoms with Crippen LogP contribution in [0.1, 0.15) is 24.8 Å². The van der Waals surface area contributed by atoms with E-state index < -0.39 is 11.8 Å². The zero-order valence-electron chi connectivity index (χ0n) is 18.1. The van der Waals surface area contributed by atoms with Crippen molar-refractivity contribution >= 4 is 34.7 Å². The normalized spacial score (nSPS) is 13.5. The fourth-order valence-electron chi connectivity index (χ4n) is 3.70. The molecule has 7 nitrogen and oxygen atoms in total. The van der Waals surface area contributed by atoms with Crippen molar-refractivity contribution in [3.05, 3.63) is 84.2 Å². The van der Waals surface area contributed by atoms with Crippen molar-refractivity contribution in [3.8, 4) is 0 Å². The predicted octanol–water partition coefficient (Wildman–Crippen LogP) is 4.87. The minimum Gasteiger partial charge on any atom is -0.326 e. The maximum absolute atomic E-state index is 13.5. The van der Waals surface area contributed by atoms with E-state index >= 15 is 0 Å². The van der Waals surface area contributed by atoms with Crippen LogP contribution in [-0.2, 0) is 11.3 Å². The summed E-state index contributed by atoms with van der Waals surface area (Å²) in [5, 5.41) is 4.15. The number of rotatable bonds is 6. The third kappa shape index (κ3) is 5.48. The van der Waals surface area contributed by atoms with Crippen molar-refractivity contribution in [1.29, 1.82) is 0 Å². The fourth-order valence-corrected chi connectivity index (χ4v) is 3.70. The average Bonchev–Trinajstić information content (AvgIpc) is 2.84. The Labute approximate surface area is 192 Å². The highest BCUT2D eigenvalue weighted by Gasteiger charge is 2.20. The van der Waals surface area contributed by atoms with Crippen molar-refractivity contribution in [2.75, 3.05) is 27.2 Å². The first-order chi connectivity index (χ1) is 16.0. The molecule has 0 radical (unpaired) electrons. The van der Waals surface area contributed by atoms with Gasteiger partial charge in [0.25, 0.3) is 0 Å². The number of nitrogens with one attached hydrogen (secondary N) is 2. The number of piperidine rings is 1. The lowest BCUT2D eigenvalue weighted by atomic mass is 10.1. The second-order valence-corrected chi connectivity index (χ2v) is 7.81. The molecule has 4 N–H and O–H groups in total. The van der Waals surface area contributed by atoms with E-state index in [9.17, 15) is 14.0 Å². The molecule has 170 valence electrons. The minimum absolute atomic E-state index is 0.115. The molecule has 0 bridgehead atoms. The average molecular weight is 448 g/mol. The monoisotopic (exact) mass is 447 g/mol. The summed E-state index contributed by atoms with van der Waals surface area (Å²) in [5.74, 6) is -0.281. The van der Waals surface area contributed by atoms with Gasteiger partial charge in [-0.05, 0) is 79.1 Å². The van der Waals surface area contributed by atoms with E-state index in [4.69, 9.17) is 5.73 Å². The Bertz CT molecular complexity index is 1120. The maximum Gasteiger partial charge on any atom is 0.345 e. The molecule has 3 aromatic rings. The van der Waals surface area contributed by atoms with Crippen molar-refractivity contribution in [3.63, 3.8) is 0 Å². The van der Waals surface area contributed by atoms with Crippen LogP contribution in [0.2, 0.25) is 0 Å². The van der Waals surface area contributed by atoms with Gasteiger partial charge >= 0.3 is 6.03 Å². The van der Waals surface area contributed by atoms with Gasteiger partial charge in [0.2, 0.25) is 5.91 Å². The lowest BCUT2D eigenvalue weighted by Crippen LogP contribution is -2.39. The number of hydrogen-bond donors (Lipinski definition) is 3. The van der Waals surface area contributed by atoms with Crippen LogP contribution in [0.15, 0.2) is 72.8 Å². The molecule has 0 spiro atoms.